The van der Waals surface area contributed by atoms with Crippen molar-refractivity contribution in [1.82, 2.24) is 10.3 Å². The van der Waals surface area contributed by atoms with Gasteiger partial charge in [-0.05, 0) is 55.5 Å². The van der Waals surface area contributed by atoms with Crippen molar-refractivity contribution in [2.24, 2.45) is 0 Å². The van der Waals surface area contributed by atoms with Gasteiger partial charge in [-0.25, -0.2) is 0 Å². The van der Waals surface area contributed by atoms with E-state index in [1.54, 1.807) is 18.5 Å². The molecule has 0 bridgehead atoms. The van der Waals surface area contributed by atoms with Gasteiger partial charge in [-0.2, -0.15) is 13.2 Å². The van der Waals surface area contributed by atoms with E-state index in [4.69, 9.17) is 4.74 Å². The zero-order valence-corrected chi connectivity index (χ0v) is 13.9. The Morgan fingerprint density at radius 2 is 2.00 bits per heavy atom. The summed E-state index contributed by atoms with van der Waals surface area (Å²) >= 11 is 0. The minimum absolute atomic E-state index is 0.302. The predicted molar refractivity (Wildman–Crippen MR) is 89.6 cm³/mol. The number of alkyl halides is 3. The first-order valence-corrected chi connectivity index (χ1v) is 8.47. The Morgan fingerprint density at radius 3 is 2.76 bits per heavy atom. The predicted octanol–water partition coefficient (Wildman–Crippen LogP) is 4.02. The lowest BCUT2D eigenvalue weighted by atomic mass is 10.00. The molecule has 2 aromatic rings. The molecule has 0 amide bonds. The number of ether oxygens (including phenoxy) is 1. The molecule has 1 saturated heterocycles. The molecule has 134 valence electrons. The number of hydrogen-bond donors (Lipinski definition) is 1. The molecule has 1 atom stereocenters. The SMILES string of the molecule is FC(F)(F)c1ccccc1CCc1cncc(OCC2CCCN2)c1. The Labute approximate surface area is 145 Å². The van der Waals surface area contributed by atoms with Crippen LogP contribution in [0.2, 0.25) is 0 Å². The molecule has 1 fully saturated rings. The van der Waals surface area contributed by atoms with Gasteiger partial charge in [0.25, 0.3) is 0 Å². The molecule has 3 rings (SSSR count). The summed E-state index contributed by atoms with van der Waals surface area (Å²) in [4.78, 5) is 4.15. The first-order chi connectivity index (χ1) is 12.0. The Balaban J connectivity index is 1.61. The van der Waals surface area contributed by atoms with Crippen molar-refractivity contribution >= 4 is 0 Å². The number of pyridine rings is 1. The molecule has 0 spiro atoms. The highest BCUT2D eigenvalue weighted by Gasteiger charge is 2.32. The minimum Gasteiger partial charge on any atom is -0.490 e. The van der Waals surface area contributed by atoms with Crippen LogP contribution >= 0.6 is 0 Å². The molecule has 1 aromatic carbocycles. The van der Waals surface area contributed by atoms with Crippen LogP contribution < -0.4 is 10.1 Å². The molecule has 3 nitrogen and oxygen atoms in total. The van der Waals surface area contributed by atoms with Crippen molar-refractivity contribution in [3.05, 3.63) is 59.4 Å². The maximum absolute atomic E-state index is 13.0. The first-order valence-electron chi connectivity index (χ1n) is 8.47. The number of aryl methyl sites for hydroxylation is 2. The maximum Gasteiger partial charge on any atom is 0.416 e. The Bertz CT molecular complexity index is 697. The van der Waals surface area contributed by atoms with Crippen LogP contribution in [0.1, 0.15) is 29.5 Å². The van der Waals surface area contributed by atoms with Crippen LogP contribution in [0.5, 0.6) is 5.75 Å². The van der Waals surface area contributed by atoms with Gasteiger partial charge in [-0.15, -0.1) is 0 Å². The second kappa shape index (κ2) is 7.87. The molecule has 1 unspecified atom stereocenters. The largest absolute Gasteiger partial charge is 0.490 e. The Kier molecular flexibility index (Phi) is 5.58. The van der Waals surface area contributed by atoms with Gasteiger partial charge in [0, 0.05) is 12.2 Å². The highest BCUT2D eigenvalue weighted by Crippen LogP contribution is 2.32. The molecule has 1 aliphatic rings. The smallest absolute Gasteiger partial charge is 0.416 e. The van der Waals surface area contributed by atoms with Gasteiger partial charge in [-0.1, -0.05) is 18.2 Å². The number of nitrogens with one attached hydrogen (secondary N) is 1. The van der Waals surface area contributed by atoms with Crippen molar-refractivity contribution in [1.29, 1.82) is 0 Å². The van der Waals surface area contributed by atoms with Gasteiger partial charge in [0.2, 0.25) is 0 Å². The van der Waals surface area contributed by atoms with Crippen LogP contribution in [0.25, 0.3) is 0 Å². The number of halogens is 3. The average molecular weight is 350 g/mol. The number of hydrogen-bond acceptors (Lipinski definition) is 3. The van der Waals surface area contributed by atoms with Crippen molar-refractivity contribution in [2.75, 3.05) is 13.2 Å². The van der Waals surface area contributed by atoms with Gasteiger partial charge in [-0.3, -0.25) is 4.98 Å². The molecule has 1 aliphatic heterocycles. The fourth-order valence-corrected chi connectivity index (χ4v) is 3.07. The van der Waals surface area contributed by atoms with E-state index in [9.17, 15) is 13.2 Å². The summed E-state index contributed by atoms with van der Waals surface area (Å²) in [5.74, 6) is 0.662. The van der Waals surface area contributed by atoms with Crippen LogP contribution in [0.4, 0.5) is 13.2 Å². The van der Waals surface area contributed by atoms with E-state index < -0.39 is 11.7 Å². The van der Waals surface area contributed by atoms with Crippen LogP contribution in [0.3, 0.4) is 0 Å². The summed E-state index contributed by atoms with van der Waals surface area (Å²) in [5, 5.41) is 3.36. The molecule has 1 N–H and O–H groups in total. The van der Waals surface area contributed by atoms with Gasteiger partial charge < -0.3 is 10.1 Å². The van der Waals surface area contributed by atoms with E-state index in [1.807, 2.05) is 6.07 Å². The molecule has 2 heterocycles. The quantitative estimate of drug-likeness (QED) is 0.855. The van der Waals surface area contributed by atoms with Crippen LogP contribution in [0, 0.1) is 0 Å². The normalized spacial score (nSPS) is 17.6. The number of aromatic nitrogens is 1. The van der Waals surface area contributed by atoms with Crippen LogP contribution in [-0.4, -0.2) is 24.2 Å². The fourth-order valence-electron chi connectivity index (χ4n) is 3.07. The summed E-state index contributed by atoms with van der Waals surface area (Å²) in [6, 6.07) is 7.93. The molecule has 25 heavy (non-hydrogen) atoms. The summed E-state index contributed by atoms with van der Waals surface area (Å²) < 4.78 is 44.9. The lowest BCUT2D eigenvalue weighted by Gasteiger charge is -2.14. The molecule has 0 aliphatic carbocycles. The van der Waals surface area contributed by atoms with Crippen molar-refractivity contribution in [3.8, 4) is 5.75 Å². The first kappa shape index (κ1) is 17.7. The van der Waals surface area contributed by atoms with Gasteiger partial charge in [0.15, 0.2) is 0 Å². The topological polar surface area (TPSA) is 34.1 Å². The third-order valence-corrected chi connectivity index (χ3v) is 4.39. The molecule has 1 aromatic heterocycles. The van der Waals surface area contributed by atoms with Crippen LogP contribution in [0.15, 0.2) is 42.7 Å². The monoisotopic (exact) mass is 350 g/mol. The van der Waals surface area contributed by atoms with Crippen molar-refractivity contribution in [2.45, 2.75) is 37.9 Å². The van der Waals surface area contributed by atoms with E-state index in [-0.39, 0.29) is 0 Å². The van der Waals surface area contributed by atoms with E-state index >= 15 is 0 Å². The van der Waals surface area contributed by atoms with E-state index in [1.165, 1.54) is 12.1 Å². The second-order valence-electron chi connectivity index (χ2n) is 6.29. The molecule has 6 heteroatoms. The van der Waals surface area contributed by atoms with Gasteiger partial charge in [0.05, 0.1) is 11.8 Å². The van der Waals surface area contributed by atoms with Gasteiger partial charge in [0.1, 0.15) is 12.4 Å². The van der Waals surface area contributed by atoms with Crippen molar-refractivity contribution < 1.29 is 17.9 Å². The Hall–Kier alpha value is -2.08. The second-order valence-corrected chi connectivity index (χ2v) is 6.29. The maximum atomic E-state index is 13.0. The molecular weight excluding hydrogens is 329 g/mol. The highest BCUT2D eigenvalue weighted by molar-refractivity contribution is 5.31. The summed E-state index contributed by atoms with van der Waals surface area (Å²) in [5.41, 5.74) is 0.605. The number of benzene rings is 1. The fraction of sp³-hybridized carbons (Fsp3) is 0.421. The Morgan fingerprint density at radius 1 is 1.16 bits per heavy atom. The van der Waals surface area contributed by atoms with Gasteiger partial charge >= 0.3 is 6.18 Å². The van der Waals surface area contributed by atoms with E-state index in [0.717, 1.165) is 31.0 Å². The number of rotatable bonds is 6. The zero-order chi connectivity index (χ0) is 17.7. The number of nitrogens with zero attached hydrogens (tertiary/aromatic N) is 1. The summed E-state index contributed by atoms with van der Waals surface area (Å²) in [6.45, 7) is 1.60. The van der Waals surface area contributed by atoms with E-state index in [0.29, 0.717) is 36.8 Å². The lowest BCUT2D eigenvalue weighted by molar-refractivity contribution is -0.138. The third-order valence-electron chi connectivity index (χ3n) is 4.39. The summed E-state index contributed by atoms with van der Waals surface area (Å²) in [7, 11) is 0. The molecular formula is C19H21F3N2O. The highest BCUT2D eigenvalue weighted by atomic mass is 19.4. The van der Waals surface area contributed by atoms with Crippen molar-refractivity contribution in [3.63, 3.8) is 0 Å². The van der Waals surface area contributed by atoms with Crippen LogP contribution in [-0.2, 0) is 19.0 Å². The minimum atomic E-state index is -4.33. The average Bonchev–Trinajstić information content (AvgIpc) is 3.12. The van der Waals surface area contributed by atoms with E-state index in [2.05, 4.69) is 10.3 Å². The molecule has 0 saturated carbocycles. The zero-order valence-electron chi connectivity index (χ0n) is 13.9. The standard InChI is InChI=1S/C19H21F3N2O/c20-19(21,22)18-6-2-1-4-15(18)8-7-14-10-17(12-23-11-14)25-13-16-5-3-9-24-16/h1-2,4,6,10-12,16,24H,3,5,7-9,13H2. The molecule has 0 radical (unpaired) electrons. The third kappa shape index (κ3) is 4.95. The summed E-state index contributed by atoms with van der Waals surface area (Å²) in [6.07, 6.45) is 2.04. The lowest BCUT2D eigenvalue weighted by Crippen LogP contribution is -2.28.